The van der Waals surface area contributed by atoms with Crippen molar-refractivity contribution in [1.82, 2.24) is 0 Å². The van der Waals surface area contributed by atoms with Crippen molar-refractivity contribution >= 4 is 28.7 Å². The third kappa shape index (κ3) is 4.03. The largest absolute Gasteiger partial charge is 0.392 e. The molecule has 2 N–H and O–H groups in total. The zero-order valence-corrected chi connectivity index (χ0v) is 14.4. The lowest BCUT2D eigenvalue weighted by Gasteiger charge is -2.35. The number of hydrogen-bond acceptors (Lipinski definition) is 5. The molecular weight excluding hydrogens is 342 g/mol. The molecule has 0 bridgehead atoms. The first-order valence-electron chi connectivity index (χ1n) is 8.22. The van der Waals surface area contributed by atoms with Gasteiger partial charge in [-0.25, -0.2) is 0 Å². The molecule has 1 aliphatic rings. The molecule has 0 saturated carbocycles. The Balaban J connectivity index is 1.79. The summed E-state index contributed by atoms with van der Waals surface area (Å²) in [5.41, 5.74) is 2.09. The highest BCUT2D eigenvalue weighted by Gasteiger charge is 2.24. The van der Waals surface area contributed by atoms with Crippen LogP contribution in [0.3, 0.4) is 0 Å². The lowest BCUT2D eigenvalue weighted by atomic mass is 10.0. The van der Waals surface area contributed by atoms with Gasteiger partial charge in [0.1, 0.15) is 5.69 Å². The summed E-state index contributed by atoms with van der Waals surface area (Å²) in [6, 6.07) is 12.4. The van der Waals surface area contributed by atoms with Crippen LogP contribution in [0.1, 0.15) is 18.4 Å². The summed E-state index contributed by atoms with van der Waals surface area (Å²) in [6.07, 6.45) is 1.89. The first-order chi connectivity index (χ1) is 12.1. The maximum Gasteiger partial charge on any atom is 0.292 e. The number of para-hydroxylation sites is 1. The van der Waals surface area contributed by atoms with E-state index in [-0.39, 0.29) is 18.3 Å². The van der Waals surface area contributed by atoms with Gasteiger partial charge in [0, 0.05) is 25.2 Å². The predicted molar refractivity (Wildman–Crippen MR) is 99.3 cm³/mol. The molecule has 7 heteroatoms. The van der Waals surface area contributed by atoms with Gasteiger partial charge in [-0.15, -0.1) is 0 Å². The van der Waals surface area contributed by atoms with E-state index in [9.17, 15) is 15.2 Å². The molecule has 1 fully saturated rings. The Labute approximate surface area is 151 Å². The smallest absolute Gasteiger partial charge is 0.292 e. The number of anilines is 2. The fourth-order valence-electron chi connectivity index (χ4n) is 3.20. The highest BCUT2D eigenvalue weighted by molar-refractivity contribution is 6.33. The molecule has 0 aliphatic carbocycles. The number of rotatable bonds is 5. The lowest BCUT2D eigenvalue weighted by molar-refractivity contribution is -0.384. The molecule has 0 radical (unpaired) electrons. The van der Waals surface area contributed by atoms with Gasteiger partial charge < -0.3 is 15.3 Å². The molecule has 6 nitrogen and oxygen atoms in total. The Morgan fingerprint density at radius 3 is 2.84 bits per heavy atom. The van der Waals surface area contributed by atoms with Crippen molar-refractivity contribution in [3.8, 4) is 0 Å². The van der Waals surface area contributed by atoms with Gasteiger partial charge >= 0.3 is 0 Å². The number of halogens is 1. The van der Waals surface area contributed by atoms with Crippen LogP contribution in [0.25, 0.3) is 0 Å². The molecular formula is C18H20ClN3O3. The molecule has 1 atom stereocenters. The molecule has 1 aliphatic heterocycles. The van der Waals surface area contributed by atoms with Crippen LogP contribution in [0.2, 0.25) is 5.02 Å². The average molecular weight is 362 g/mol. The number of aliphatic hydroxyl groups excluding tert-OH is 1. The van der Waals surface area contributed by atoms with Crippen molar-refractivity contribution in [3.05, 3.63) is 63.2 Å². The Kier molecular flexibility index (Phi) is 5.40. The van der Waals surface area contributed by atoms with E-state index in [2.05, 4.69) is 10.2 Å². The minimum Gasteiger partial charge on any atom is -0.392 e. The number of nitrogens with one attached hydrogen (secondary N) is 1. The van der Waals surface area contributed by atoms with E-state index in [4.69, 9.17) is 11.6 Å². The van der Waals surface area contributed by atoms with Gasteiger partial charge in [-0.05, 0) is 42.7 Å². The number of benzene rings is 2. The van der Waals surface area contributed by atoms with Crippen LogP contribution < -0.4 is 10.2 Å². The zero-order valence-electron chi connectivity index (χ0n) is 13.7. The van der Waals surface area contributed by atoms with E-state index in [1.807, 2.05) is 24.3 Å². The average Bonchev–Trinajstić information content (AvgIpc) is 2.62. The first-order valence-corrected chi connectivity index (χ1v) is 8.60. The molecule has 3 rings (SSSR count). The Bertz CT molecular complexity index is 769. The molecule has 2 aromatic carbocycles. The second-order valence-corrected chi connectivity index (χ2v) is 6.55. The van der Waals surface area contributed by atoms with Crippen molar-refractivity contribution in [2.75, 3.05) is 23.3 Å². The normalized spacial score (nSPS) is 17.4. The maximum absolute atomic E-state index is 11.3. The molecule has 0 amide bonds. The van der Waals surface area contributed by atoms with Crippen LogP contribution in [0.4, 0.5) is 17.1 Å². The predicted octanol–water partition coefficient (Wildman–Crippen LogP) is 3.82. The molecule has 2 aromatic rings. The summed E-state index contributed by atoms with van der Waals surface area (Å²) in [5.74, 6) is 0. The topological polar surface area (TPSA) is 78.6 Å². The molecule has 0 aromatic heterocycles. The number of piperidine rings is 1. The molecule has 25 heavy (non-hydrogen) atoms. The fourth-order valence-corrected chi connectivity index (χ4v) is 3.45. The third-order valence-corrected chi connectivity index (χ3v) is 4.73. The van der Waals surface area contributed by atoms with Gasteiger partial charge in [-0.3, -0.25) is 10.1 Å². The van der Waals surface area contributed by atoms with Gasteiger partial charge in [0.05, 0.1) is 22.2 Å². The summed E-state index contributed by atoms with van der Waals surface area (Å²) >= 11 is 6.29. The Hall–Kier alpha value is -2.31. The van der Waals surface area contributed by atoms with Gasteiger partial charge in [-0.2, -0.15) is 0 Å². The summed E-state index contributed by atoms with van der Waals surface area (Å²) < 4.78 is 0. The summed E-state index contributed by atoms with van der Waals surface area (Å²) in [5, 5.41) is 24.6. The molecule has 1 heterocycles. The van der Waals surface area contributed by atoms with Crippen LogP contribution >= 0.6 is 11.6 Å². The maximum atomic E-state index is 11.3. The SMILES string of the molecule is O=[N+]([O-])c1ccc(CO)cc1NC1CCCN(c2ccccc2Cl)C1. The molecule has 132 valence electrons. The molecule has 0 spiro atoms. The van der Waals surface area contributed by atoms with Gasteiger partial charge in [0.15, 0.2) is 0 Å². The van der Waals surface area contributed by atoms with Crippen LogP contribution in [0.15, 0.2) is 42.5 Å². The van der Waals surface area contributed by atoms with Crippen LogP contribution in [0, 0.1) is 10.1 Å². The van der Waals surface area contributed by atoms with Crippen molar-refractivity contribution < 1.29 is 10.0 Å². The lowest BCUT2D eigenvalue weighted by Crippen LogP contribution is -2.42. The van der Waals surface area contributed by atoms with Gasteiger partial charge in [0.2, 0.25) is 0 Å². The summed E-state index contributed by atoms with van der Waals surface area (Å²) in [4.78, 5) is 13.1. The number of nitro benzene ring substituents is 1. The highest BCUT2D eigenvalue weighted by atomic mass is 35.5. The first kappa shape index (κ1) is 17.5. The van der Waals surface area contributed by atoms with Crippen LogP contribution in [-0.2, 0) is 6.61 Å². The third-order valence-electron chi connectivity index (χ3n) is 4.41. The van der Waals surface area contributed by atoms with Crippen molar-refractivity contribution in [2.24, 2.45) is 0 Å². The number of nitrogens with zero attached hydrogens (tertiary/aromatic N) is 2. The second kappa shape index (κ2) is 7.72. The summed E-state index contributed by atoms with van der Waals surface area (Å²) in [7, 11) is 0. The standard InChI is InChI=1S/C18H20ClN3O3/c19-15-5-1-2-6-17(15)21-9-3-4-14(11-21)20-16-10-13(12-23)7-8-18(16)22(24)25/h1-2,5-8,10,14,20,23H,3-4,9,11-12H2. The van der Waals surface area contributed by atoms with Crippen molar-refractivity contribution in [3.63, 3.8) is 0 Å². The number of aliphatic hydroxyl groups is 1. The van der Waals surface area contributed by atoms with Gasteiger partial charge in [-0.1, -0.05) is 23.7 Å². The number of hydrogen-bond donors (Lipinski definition) is 2. The van der Waals surface area contributed by atoms with E-state index < -0.39 is 4.92 Å². The minimum absolute atomic E-state index is 0.0204. The van der Waals surface area contributed by atoms with E-state index in [1.54, 1.807) is 12.1 Å². The Morgan fingerprint density at radius 1 is 1.32 bits per heavy atom. The Morgan fingerprint density at radius 2 is 2.12 bits per heavy atom. The van der Waals surface area contributed by atoms with Crippen LogP contribution in [-0.4, -0.2) is 29.2 Å². The quantitative estimate of drug-likeness (QED) is 0.625. The van der Waals surface area contributed by atoms with Gasteiger partial charge in [0.25, 0.3) is 5.69 Å². The van der Waals surface area contributed by atoms with Crippen LogP contribution in [0.5, 0.6) is 0 Å². The van der Waals surface area contributed by atoms with Crippen molar-refractivity contribution in [1.29, 1.82) is 0 Å². The van der Waals surface area contributed by atoms with Crippen molar-refractivity contribution in [2.45, 2.75) is 25.5 Å². The minimum atomic E-state index is -0.405. The summed E-state index contributed by atoms with van der Waals surface area (Å²) in [6.45, 7) is 1.47. The zero-order chi connectivity index (χ0) is 17.8. The molecule has 1 saturated heterocycles. The van der Waals surface area contributed by atoms with E-state index in [0.29, 0.717) is 22.8 Å². The number of nitro groups is 1. The van der Waals surface area contributed by atoms with E-state index >= 15 is 0 Å². The molecule has 1 unspecified atom stereocenters. The monoisotopic (exact) mass is 361 g/mol. The highest BCUT2D eigenvalue weighted by Crippen LogP contribution is 2.31. The van der Waals surface area contributed by atoms with E-state index in [1.165, 1.54) is 6.07 Å². The fraction of sp³-hybridized carbons (Fsp3) is 0.333. The van der Waals surface area contributed by atoms with E-state index in [0.717, 1.165) is 25.1 Å². The second-order valence-electron chi connectivity index (χ2n) is 6.15.